The van der Waals surface area contributed by atoms with Crippen LogP contribution >= 0.6 is 0 Å². The quantitative estimate of drug-likeness (QED) is 0.328. The number of benzene rings is 3. The highest BCUT2D eigenvalue weighted by Gasteiger charge is 2.24. The number of anilines is 1. The predicted molar refractivity (Wildman–Crippen MR) is 138 cm³/mol. The third kappa shape index (κ3) is 4.36. The number of para-hydroxylation sites is 1. The van der Waals surface area contributed by atoms with Gasteiger partial charge in [0.05, 0.1) is 29.7 Å². The summed E-state index contributed by atoms with van der Waals surface area (Å²) in [5, 5.41) is 2.88. The third-order valence-electron chi connectivity index (χ3n) is 6.18. The number of nitrogens with zero attached hydrogens (tertiary/aromatic N) is 3. The van der Waals surface area contributed by atoms with E-state index in [1.807, 2.05) is 0 Å². The summed E-state index contributed by atoms with van der Waals surface area (Å²) in [5.41, 5.74) is 0.260. The van der Waals surface area contributed by atoms with Crippen LogP contribution in [0.5, 0.6) is 17.2 Å². The van der Waals surface area contributed by atoms with Gasteiger partial charge in [0.15, 0.2) is 17.4 Å². The zero-order chi connectivity index (χ0) is 27.0. The van der Waals surface area contributed by atoms with Crippen molar-refractivity contribution in [2.75, 3.05) is 12.4 Å². The van der Waals surface area contributed by atoms with Crippen molar-refractivity contribution in [1.29, 1.82) is 0 Å². The van der Waals surface area contributed by atoms with Gasteiger partial charge in [0.25, 0.3) is 11.5 Å². The molecule has 1 amide bonds. The number of halogens is 2. The van der Waals surface area contributed by atoms with Gasteiger partial charge < -0.3 is 14.8 Å². The Morgan fingerprint density at radius 2 is 1.74 bits per heavy atom. The fourth-order valence-corrected chi connectivity index (χ4v) is 4.15. The van der Waals surface area contributed by atoms with Crippen LogP contribution in [0.4, 0.5) is 14.5 Å². The lowest BCUT2D eigenvalue weighted by Crippen LogP contribution is -2.25. The molecular formula is C28H22F2N4O4. The number of rotatable bonds is 6. The number of ether oxygens (including phenoxy) is 2. The Kier molecular flexibility index (Phi) is 6.38. The van der Waals surface area contributed by atoms with Crippen molar-refractivity contribution in [3.8, 4) is 22.9 Å². The molecule has 3 aromatic carbocycles. The van der Waals surface area contributed by atoms with Gasteiger partial charge in [-0.2, -0.15) is 0 Å². The molecule has 192 valence electrons. The largest absolute Gasteiger partial charge is 0.497 e. The van der Waals surface area contributed by atoms with Gasteiger partial charge >= 0.3 is 0 Å². The minimum atomic E-state index is -0.938. The number of methoxy groups -OCH3 is 1. The first kappa shape index (κ1) is 24.7. The van der Waals surface area contributed by atoms with E-state index in [4.69, 9.17) is 9.47 Å². The van der Waals surface area contributed by atoms with Gasteiger partial charge in [-0.1, -0.05) is 18.2 Å². The number of carbonyl (C=O) groups excluding carboxylic acids is 1. The molecule has 2 heterocycles. The van der Waals surface area contributed by atoms with E-state index in [-0.39, 0.29) is 17.1 Å². The number of pyridine rings is 1. The molecule has 8 nitrogen and oxygen atoms in total. The second kappa shape index (κ2) is 9.81. The van der Waals surface area contributed by atoms with E-state index in [0.717, 1.165) is 12.1 Å². The second-order valence-corrected chi connectivity index (χ2v) is 8.45. The van der Waals surface area contributed by atoms with E-state index < -0.39 is 28.8 Å². The molecule has 0 atom stereocenters. The van der Waals surface area contributed by atoms with E-state index in [1.165, 1.54) is 28.7 Å². The molecule has 5 aromatic rings. The normalized spacial score (nSPS) is 11.0. The van der Waals surface area contributed by atoms with Crippen LogP contribution in [-0.4, -0.2) is 27.4 Å². The average molecular weight is 517 g/mol. The van der Waals surface area contributed by atoms with E-state index in [2.05, 4.69) is 10.3 Å². The van der Waals surface area contributed by atoms with Gasteiger partial charge in [-0.3, -0.25) is 19.3 Å². The molecule has 0 spiro atoms. The summed E-state index contributed by atoms with van der Waals surface area (Å²) in [4.78, 5) is 30.3. The maximum atomic E-state index is 15.0. The van der Waals surface area contributed by atoms with Gasteiger partial charge in [-0.25, -0.2) is 13.5 Å². The van der Waals surface area contributed by atoms with Gasteiger partial charge in [0.2, 0.25) is 0 Å². The lowest BCUT2D eigenvalue weighted by Gasteiger charge is -2.12. The van der Waals surface area contributed by atoms with E-state index in [9.17, 15) is 18.4 Å². The van der Waals surface area contributed by atoms with E-state index in [1.54, 1.807) is 62.5 Å². The molecule has 10 heteroatoms. The Balaban J connectivity index is 1.43. The molecule has 0 bridgehead atoms. The molecule has 0 fully saturated rings. The molecule has 0 unspecified atom stereocenters. The smallest absolute Gasteiger partial charge is 0.284 e. The van der Waals surface area contributed by atoms with Gasteiger partial charge in [0.1, 0.15) is 17.1 Å². The van der Waals surface area contributed by atoms with Crippen molar-refractivity contribution in [2.24, 2.45) is 7.05 Å². The lowest BCUT2D eigenvalue weighted by molar-refractivity contribution is 0.102. The fourth-order valence-electron chi connectivity index (χ4n) is 4.15. The summed E-state index contributed by atoms with van der Waals surface area (Å²) in [6, 6.07) is 17.0. The van der Waals surface area contributed by atoms with Crippen LogP contribution < -0.4 is 20.3 Å². The monoisotopic (exact) mass is 516 g/mol. The van der Waals surface area contributed by atoms with Crippen LogP contribution in [0.15, 0.2) is 77.7 Å². The Morgan fingerprint density at radius 1 is 0.974 bits per heavy atom. The summed E-state index contributed by atoms with van der Waals surface area (Å²) < 4.78 is 43.7. The predicted octanol–water partition coefficient (Wildman–Crippen LogP) is 5.36. The molecule has 0 aliphatic carbocycles. The maximum absolute atomic E-state index is 15.0. The lowest BCUT2D eigenvalue weighted by atomic mass is 10.2. The highest BCUT2D eigenvalue weighted by molar-refractivity contribution is 6.05. The molecule has 5 rings (SSSR count). The maximum Gasteiger partial charge on any atom is 0.284 e. The van der Waals surface area contributed by atoms with E-state index >= 15 is 0 Å². The van der Waals surface area contributed by atoms with Gasteiger partial charge in [0, 0.05) is 36.8 Å². The van der Waals surface area contributed by atoms with E-state index in [0.29, 0.717) is 28.0 Å². The minimum absolute atomic E-state index is 0.185. The average Bonchev–Trinajstić information content (AvgIpc) is 3.14. The van der Waals surface area contributed by atoms with Crippen molar-refractivity contribution in [2.45, 2.75) is 6.92 Å². The molecule has 1 N–H and O–H groups in total. The minimum Gasteiger partial charge on any atom is -0.497 e. The van der Waals surface area contributed by atoms with Crippen molar-refractivity contribution in [3.05, 3.63) is 106 Å². The third-order valence-corrected chi connectivity index (χ3v) is 6.18. The number of carbonyl (C=O) groups is 1. The second-order valence-electron chi connectivity index (χ2n) is 8.45. The Hall–Kier alpha value is -4.99. The summed E-state index contributed by atoms with van der Waals surface area (Å²) in [6.45, 7) is 1.60. The van der Waals surface area contributed by atoms with Crippen molar-refractivity contribution in [1.82, 2.24) is 14.3 Å². The van der Waals surface area contributed by atoms with Gasteiger partial charge in [-0.05, 0) is 37.3 Å². The van der Waals surface area contributed by atoms with Crippen LogP contribution in [-0.2, 0) is 7.05 Å². The van der Waals surface area contributed by atoms with Crippen LogP contribution in [0, 0.1) is 18.6 Å². The first-order valence-corrected chi connectivity index (χ1v) is 11.5. The summed E-state index contributed by atoms with van der Waals surface area (Å²) in [5.74, 6) is -2.25. The number of hydrogen-bond acceptors (Lipinski definition) is 5. The molecule has 0 saturated heterocycles. The van der Waals surface area contributed by atoms with Crippen LogP contribution in [0.3, 0.4) is 0 Å². The highest BCUT2D eigenvalue weighted by atomic mass is 19.1. The number of amides is 1. The van der Waals surface area contributed by atoms with Crippen LogP contribution in [0.2, 0.25) is 0 Å². The zero-order valence-corrected chi connectivity index (χ0v) is 20.7. The topological polar surface area (TPSA) is 87.4 Å². The van der Waals surface area contributed by atoms with Crippen LogP contribution in [0.1, 0.15) is 16.1 Å². The van der Waals surface area contributed by atoms with Crippen molar-refractivity contribution >= 4 is 22.5 Å². The molecule has 0 aliphatic rings. The summed E-state index contributed by atoms with van der Waals surface area (Å²) in [7, 11) is 3.16. The van der Waals surface area contributed by atoms with Crippen molar-refractivity contribution < 1.29 is 23.0 Å². The summed E-state index contributed by atoms with van der Waals surface area (Å²) in [6.07, 6.45) is 1.48. The number of fused-ring (bicyclic) bond motifs is 1. The SMILES string of the molecule is COc1ccc2c(Oc3cc(F)c(NC(=O)c4c(C)n(C)n(-c5ccccc5)c4=O)cc3F)ccnc2c1. The summed E-state index contributed by atoms with van der Waals surface area (Å²) >= 11 is 0. The van der Waals surface area contributed by atoms with Crippen LogP contribution in [0.25, 0.3) is 16.6 Å². The first-order chi connectivity index (χ1) is 18.3. The highest BCUT2D eigenvalue weighted by Crippen LogP contribution is 2.34. The number of hydrogen-bond donors (Lipinski definition) is 1. The van der Waals surface area contributed by atoms with Gasteiger partial charge in [-0.15, -0.1) is 0 Å². The Bertz CT molecular complexity index is 1750. The zero-order valence-electron chi connectivity index (χ0n) is 20.7. The molecule has 38 heavy (non-hydrogen) atoms. The molecule has 0 aliphatic heterocycles. The molecule has 2 aromatic heterocycles. The molecule has 0 radical (unpaired) electrons. The number of nitrogens with one attached hydrogen (secondary N) is 1. The Morgan fingerprint density at radius 3 is 2.47 bits per heavy atom. The standard InChI is InChI=1S/C28H22F2N4O4/c1-16-26(28(36)34(33(16)2)17-7-5-4-6-8-17)27(35)32-23-14-21(30)25(15-20(23)29)38-24-11-12-31-22-13-18(37-3)9-10-19(22)24/h4-15H,1-3H3,(H,32,35). The van der Waals surface area contributed by atoms with Crippen molar-refractivity contribution in [3.63, 3.8) is 0 Å². The fraction of sp³-hybridized carbons (Fsp3) is 0.107. The molecular weight excluding hydrogens is 494 g/mol. The molecule has 0 saturated carbocycles. The number of aromatic nitrogens is 3. The Labute approximate surface area is 215 Å². The first-order valence-electron chi connectivity index (χ1n) is 11.5.